The number of rotatable bonds is 9. The summed E-state index contributed by atoms with van der Waals surface area (Å²) in [7, 11) is 0. The predicted molar refractivity (Wildman–Crippen MR) is 159 cm³/mol. The molecule has 4 rings (SSSR count). The topological polar surface area (TPSA) is 90.3 Å². The molecule has 40 heavy (non-hydrogen) atoms. The molecule has 2 N–H and O–H groups in total. The number of aromatic hydroxyl groups is 1. The van der Waals surface area contributed by atoms with Gasteiger partial charge in [-0.05, 0) is 92.8 Å². The standard InChI is InChI=1S/C33H38N2O5/c1-7-34(8-2)24-14-11-22(12-15-24)30-29(31(37)23-13-17-28(40-9-3)25(19-23)20(4)5)32(38)33(39)35(30)26-18-21(6)10-16-27(26)36/h10-20,30,36-37H,7-9H2,1-6H3/b31-29-. The first-order chi connectivity index (χ1) is 19.1. The monoisotopic (exact) mass is 542 g/mol. The summed E-state index contributed by atoms with van der Waals surface area (Å²) in [6.07, 6.45) is 0. The molecule has 1 amide bonds. The molecule has 1 saturated heterocycles. The van der Waals surface area contributed by atoms with E-state index in [1.807, 2.05) is 58.0 Å². The smallest absolute Gasteiger partial charge is 0.300 e. The van der Waals surface area contributed by atoms with Crippen LogP contribution in [0.5, 0.6) is 11.5 Å². The third kappa shape index (κ3) is 5.28. The molecule has 0 aliphatic carbocycles. The van der Waals surface area contributed by atoms with Crippen molar-refractivity contribution in [2.24, 2.45) is 0 Å². The average Bonchev–Trinajstić information content (AvgIpc) is 3.20. The van der Waals surface area contributed by atoms with Crippen LogP contribution in [0, 0.1) is 6.92 Å². The molecule has 7 nitrogen and oxygen atoms in total. The van der Waals surface area contributed by atoms with E-state index in [4.69, 9.17) is 4.74 Å². The van der Waals surface area contributed by atoms with E-state index < -0.39 is 17.7 Å². The SMILES string of the molecule is CCOc1ccc(/C(O)=C2/C(=O)C(=O)N(c3cc(C)ccc3O)C2c2ccc(N(CC)CC)cc2)cc1C(C)C. The van der Waals surface area contributed by atoms with Crippen molar-refractivity contribution in [1.82, 2.24) is 0 Å². The van der Waals surface area contributed by atoms with Crippen LogP contribution in [0.4, 0.5) is 11.4 Å². The van der Waals surface area contributed by atoms with E-state index in [2.05, 4.69) is 18.7 Å². The third-order valence-electron chi connectivity index (χ3n) is 7.38. The van der Waals surface area contributed by atoms with E-state index >= 15 is 0 Å². The van der Waals surface area contributed by atoms with Crippen LogP contribution in [0.2, 0.25) is 0 Å². The minimum absolute atomic E-state index is 0.0274. The average molecular weight is 543 g/mol. The quantitative estimate of drug-likeness (QED) is 0.178. The summed E-state index contributed by atoms with van der Waals surface area (Å²) in [5.41, 5.74) is 3.97. The van der Waals surface area contributed by atoms with Crippen molar-refractivity contribution in [3.63, 3.8) is 0 Å². The molecule has 1 aliphatic rings. The Balaban J connectivity index is 1.94. The number of hydrogen-bond acceptors (Lipinski definition) is 6. The fourth-order valence-corrected chi connectivity index (χ4v) is 5.27. The Morgan fingerprint density at radius 1 is 0.975 bits per heavy atom. The molecule has 0 radical (unpaired) electrons. The zero-order valence-corrected chi connectivity index (χ0v) is 24.1. The second-order valence-corrected chi connectivity index (χ2v) is 10.3. The number of benzene rings is 3. The molecule has 1 atom stereocenters. The summed E-state index contributed by atoms with van der Waals surface area (Å²) in [4.78, 5) is 30.7. The molecule has 7 heteroatoms. The largest absolute Gasteiger partial charge is 0.507 e. The maximum atomic E-state index is 13.6. The van der Waals surface area contributed by atoms with Gasteiger partial charge in [-0.1, -0.05) is 32.0 Å². The van der Waals surface area contributed by atoms with E-state index in [0.29, 0.717) is 23.5 Å². The number of aliphatic hydroxyl groups is 1. The van der Waals surface area contributed by atoms with Gasteiger partial charge in [-0.2, -0.15) is 0 Å². The summed E-state index contributed by atoms with van der Waals surface area (Å²) in [6.45, 7) is 14.1. The first-order valence-electron chi connectivity index (χ1n) is 13.8. The molecule has 1 unspecified atom stereocenters. The highest BCUT2D eigenvalue weighted by atomic mass is 16.5. The molecule has 210 valence electrons. The van der Waals surface area contributed by atoms with Crippen molar-refractivity contribution in [3.8, 4) is 11.5 Å². The fourth-order valence-electron chi connectivity index (χ4n) is 5.27. The highest BCUT2D eigenvalue weighted by Gasteiger charge is 2.47. The molecule has 0 bridgehead atoms. The van der Waals surface area contributed by atoms with Crippen molar-refractivity contribution in [2.75, 3.05) is 29.5 Å². The van der Waals surface area contributed by atoms with Gasteiger partial charge in [-0.25, -0.2) is 0 Å². The number of Topliss-reactive ketones (excluding diaryl/α,β-unsaturated/α-hetero) is 1. The maximum absolute atomic E-state index is 13.6. The predicted octanol–water partition coefficient (Wildman–Crippen LogP) is 6.70. The van der Waals surface area contributed by atoms with Gasteiger partial charge in [0.1, 0.15) is 17.3 Å². The molecule has 3 aromatic rings. The summed E-state index contributed by atoms with van der Waals surface area (Å²) >= 11 is 0. The highest BCUT2D eigenvalue weighted by Crippen LogP contribution is 2.45. The van der Waals surface area contributed by atoms with Crippen LogP contribution >= 0.6 is 0 Å². The number of anilines is 2. The number of ketones is 1. The second kappa shape index (κ2) is 11.9. The summed E-state index contributed by atoms with van der Waals surface area (Å²) in [6, 6.07) is 16.9. The molecule has 0 saturated carbocycles. The molecule has 3 aromatic carbocycles. The van der Waals surface area contributed by atoms with Gasteiger partial charge in [0.25, 0.3) is 11.7 Å². The Bertz CT molecular complexity index is 1440. The number of phenols is 1. The fraction of sp³-hybridized carbons (Fsp3) is 0.333. The number of carbonyl (C=O) groups is 2. The van der Waals surface area contributed by atoms with E-state index in [9.17, 15) is 19.8 Å². The van der Waals surface area contributed by atoms with Gasteiger partial charge >= 0.3 is 0 Å². The number of ether oxygens (including phenoxy) is 1. The van der Waals surface area contributed by atoms with Crippen molar-refractivity contribution >= 4 is 28.8 Å². The minimum atomic E-state index is -0.937. The van der Waals surface area contributed by atoms with E-state index in [-0.39, 0.29) is 28.7 Å². The Morgan fingerprint density at radius 3 is 2.25 bits per heavy atom. The Hall–Kier alpha value is -4.26. The van der Waals surface area contributed by atoms with Crippen molar-refractivity contribution in [3.05, 3.63) is 88.5 Å². The zero-order chi connectivity index (χ0) is 29.1. The number of amides is 1. The lowest BCUT2D eigenvalue weighted by Crippen LogP contribution is -2.29. The van der Waals surface area contributed by atoms with E-state index in [0.717, 1.165) is 29.9 Å². The van der Waals surface area contributed by atoms with Crippen LogP contribution < -0.4 is 14.5 Å². The first-order valence-corrected chi connectivity index (χ1v) is 13.8. The van der Waals surface area contributed by atoms with Gasteiger partial charge in [0, 0.05) is 24.3 Å². The van der Waals surface area contributed by atoms with Gasteiger partial charge in [0.15, 0.2) is 0 Å². The number of phenolic OH excluding ortho intramolecular Hbond substituents is 1. The molecule has 1 heterocycles. The number of nitrogens with zero attached hydrogens (tertiary/aromatic N) is 2. The van der Waals surface area contributed by atoms with Crippen molar-refractivity contribution < 1.29 is 24.5 Å². The molecular formula is C33H38N2O5. The normalized spacial score (nSPS) is 16.6. The maximum Gasteiger partial charge on any atom is 0.300 e. The lowest BCUT2D eigenvalue weighted by atomic mass is 9.93. The third-order valence-corrected chi connectivity index (χ3v) is 7.38. The van der Waals surface area contributed by atoms with Crippen LogP contribution in [0.3, 0.4) is 0 Å². The number of aryl methyl sites for hydroxylation is 1. The summed E-state index contributed by atoms with van der Waals surface area (Å²) < 4.78 is 5.78. The first kappa shape index (κ1) is 28.7. The van der Waals surface area contributed by atoms with Crippen LogP contribution in [-0.2, 0) is 9.59 Å². The Morgan fingerprint density at radius 2 is 1.65 bits per heavy atom. The van der Waals surface area contributed by atoms with Crippen LogP contribution in [-0.4, -0.2) is 41.6 Å². The van der Waals surface area contributed by atoms with Gasteiger partial charge < -0.3 is 19.8 Å². The van der Waals surface area contributed by atoms with Crippen LogP contribution in [0.15, 0.2) is 66.2 Å². The Labute approximate surface area is 236 Å². The molecule has 0 spiro atoms. The van der Waals surface area contributed by atoms with Crippen LogP contribution in [0.25, 0.3) is 5.76 Å². The molecule has 1 fully saturated rings. The highest BCUT2D eigenvalue weighted by molar-refractivity contribution is 6.52. The second-order valence-electron chi connectivity index (χ2n) is 10.3. The number of aliphatic hydroxyl groups excluding tert-OH is 1. The summed E-state index contributed by atoms with van der Waals surface area (Å²) in [5.74, 6) is -1.20. The van der Waals surface area contributed by atoms with Crippen molar-refractivity contribution in [1.29, 1.82) is 0 Å². The summed E-state index contributed by atoms with van der Waals surface area (Å²) in [5, 5.41) is 22.4. The van der Waals surface area contributed by atoms with Crippen LogP contribution in [0.1, 0.15) is 68.8 Å². The van der Waals surface area contributed by atoms with Crippen molar-refractivity contribution in [2.45, 2.75) is 53.5 Å². The zero-order valence-electron chi connectivity index (χ0n) is 24.1. The molecule has 1 aliphatic heterocycles. The molecular weight excluding hydrogens is 504 g/mol. The molecule has 0 aromatic heterocycles. The van der Waals surface area contributed by atoms with Gasteiger partial charge in [-0.15, -0.1) is 0 Å². The number of hydrogen-bond donors (Lipinski definition) is 2. The minimum Gasteiger partial charge on any atom is -0.507 e. The van der Waals surface area contributed by atoms with E-state index in [1.165, 1.54) is 11.0 Å². The van der Waals surface area contributed by atoms with Gasteiger partial charge in [0.2, 0.25) is 0 Å². The lowest BCUT2D eigenvalue weighted by Gasteiger charge is -2.27. The van der Waals surface area contributed by atoms with E-state index in [1.54, 1.807) is 24.3 Å². The lowest BCUT2D eigenvalue weighted by molar-refractivity contribution is -0.132. The van der Waals surface area contributed by atoms with Gasteiger partial charge in [-0.3, -0.25) is 14.5 Å². The van der Waals surface area contributed by atoms with Gasteiger partial charge in [0.05, 0.1) is 23.9 Å². The Kier molecular flexibility index (Phi) is 8.52. The number of carbonyl (C=O) groups excluding carboxylic acids is 2.